The van der Waals surface area contributed by atoms with E-state index in [0.29, 0.717) is 19.0 Å². The molecule has 0 aromatic heterocycles. The van der Waals surface area contributed by atoms with Crippen LogP contribution >= 0.6 is 0 Å². The van der Waals surface area contributed by atoms with E-state index < -0.39 is 115 Å². The maximum absolute atomic E-state index is 6.28. The zero-order valence-corrected chi connectivity index (χ0v) is 80.4. The Morgan fingerprint density at radius 2 is 0.598 bits per heavy atom. The summed E-state index contributed by atoms with van der Waals surface area (Å²) in [6, 6.07) is 0. The Bertz CT molecular complexity index is 1740. The predicted molar refractivity (Wildman–Crippen MR) is 428 cm³/mol. The summed E-state index contributed by atoms with van der Waals surface area (Å²) in [5.74, 6) is 0. The van der Waals surface area contributed by atoms with Gasteiger partial charge in [0, 0.05) is 67.5 Å². The van der Waals surface area contributed by atoms with Crippen LogP contribution in [-0.2, 0) is 4.12 Å². The van der Waals surface area contributed by atoms with Crippen molar-refractivity contribution >= 4 is 134 Å². The van der Waals surface area contributed by atoms with Crippen LogP contribution in [0.5, 0.6) is 0 Å². The van der Waals surface area contributed by atoms with Crippen molar-refractivity contribution in [3.8, 4) is 0 Å². The molecule has 6 heterocycles. The molecular formula is C56H153N9OSi16. The smallest absolute Gasteiger partial charge is 0.286 e. The fourth-order valence-electron chi connectivity index (χ4n) is 15.3. The first-order valence-electron chi connectivity index (χ1n) is 32.1. The summed E-state index contributed by atoms with van der Waals surface area (Å²) in [5, 5.41) is 0. The van der Waals surface area contributed by atoms with E-state index in [1.165, 1.54) is 17.0 Å². The minimum Gasteiger partial charge on any atom is -0.433 e. The molecule has 0 saturated carbocycles. The van der Waals surface area contributed by atoms with Crippen molar-refractivity contribution in [2.45, 2.75) is 211 Å². The van der Waals surface area contributed by atoms with Gasteiger partial charge in [0.1, 0.15) is 32.9 Å². The largest absolute Gasteiger partial charge is 0.433 e. The number of rotatable bonds is 15. The van der Waals surface area contributed by atoms with Crippen molar-refractivity contribution in [1.29, 1.82) is 0 Å². The molecule has 6 aliphatic rings. The van der Waals surface area contributed by atoms with Crippen LogP contribution in [0, 0.1) is 0 Å². The molecule has 0 aliphatic carbocycles. The van der Waals surface area contributed by atoms with Crippen LogP contribution in [0.25, 0.3) is 0 Å². The average Bonchev–Trinajstić information content (AvgIpc) is 3.17. The molecule has 0 N–H and O–H groups in total. The van der Waals surface area contributed by atoms with Crippen molar-refractivity contribution in [2.24, 2.45) is 0 Å². The van der Waals surface area contributed by atoms with Crippen LogP contribution in [0.2, 0.25) is 211 Å². The third kappa shape index (κ3) is 28.6. The molecule has 0 unspecified atom stereocenters. The second kappa shape index (κ2) is 32.9. The monoisotopic (exact) mass is 1420 g/mol. The van der Waals surface area contributed by atoms with E-state index >= 15 is 0 Å². The number of hydrogen-bond donors (Lipinski definition) is 0. The minimum atomic E-state index is -1.71. The minimum absolute atomic E-state index is 0.524. The first kappa shape index (κ1) is 86.6. The van der Waals surface area contributed by atoms with Gasteiger partial charge in [0.05, 0.1) is 8.07 Å². The van der Waals surface area contributed by atoms with Crippen LogP contribution < -0.4 is 0 Å². The highest BCUT2D eigenvalue weighted by atomic mass is 28.5. The van der Waals surface area contributed by atoms with E-state index in [1.807, 2.05) is 0 Å². The first-order valence-corrected chi connectivity index (χ1v) is 78.7. The van der Waals surface area contributed by atoms with Gasteiger partial charge in [0.15, 0.2) is 0 Å². The summed E-state index contributed by atoms with van der Waals surface area (Å²) < 4.78 is 28.1. The number of hydrogen-bond acceptors (Lipinski definition) is 10. The lowest BCUT2D eigenvalue weighted by Crippen LogP contribution is -2.73. The zero-order valence-electron chi connectivity index (χ0n) is 63.6. The Morgan fingerprint density at radius 1 is 0.354 bits per heavy atom. The molecule has 6 saturated heterocycles. The van der Waals surface area contributed by atoms with Crippen molar-refractivity contribution < 1.29 is 4.12 Å². The Labute approximate surface area is 537 Å². The Balaban J connectivity index is 0. The fraction of sp³-hybridized carbons (Fsp3) is 0.929. The molecule has 82 heavy (non-hydrogen) atoms. The van der Waals surface area contributed by atoms with Gasteiger partial charge in [-0.1, -0.05) is 151 Å². The van der Waals surface area contributed by atoms with E-state index in [1.54, 1.807) is 56.7 Å². The second-order valence-electron chi connectivity index (χ2n) is 36.1. The van der Waals surface area contributed by atoms with Gasteiger partial charge in [-0.2, -0.15) is 0 Å². The predicted octanol–water partition coefficient (Wildman–Crippen LogP) is 12.5. The highest BCUT2D eigenvalue weighted by molar-refractivity contribution is 7.16. The summed E-state index contributed by atoms with van der Waals surface area (Å²) in [7, 11) is 27.6. The van der Waals surface area contributed by atoms with Gasteiger partial charge in [-0.15, -0.1) is 18.9 Å². The van der Waals surface area contributed by atoms with Gasteiger partial charge < -0.3 is 45.2 Å². The summed E-state index contributed by atoms with van der Waals surface area (Å²) in [4.78, 5) is 0. The lowest BCUT2D eigenvalue weighted by atomic mass is 11.2. The van der Waals surface area contributed by atoms with Crippen molar-refractivity contribution in [1.82, 2.24) is 41.1 Å². The highest BCUT2D eigenvalue weighted by Gasteiger charge is 2.54. The van der Waals surface area contributed by atoms with E-state index in [2.05, 4.69) is 330 Å². The Kier molecular flexibility index (Phi) is 34.8. The molecule has 0 amide bonds. The highest BCUT2D eigenvalue weighted by Crippen LogP contribution is 2.44. The summed E-state index contributed by atoms with van der Waals surface area (Å²) >= 11 is 0. The molecule has 26 heteroatoms. The van der Waals surface area contributed by atoms with Crippen molar-refractivity contribution in [3.63, 3.8) is 0 Å². The molecule has 6 aliphatic heterocycles. The standard InChI is InChI=1S/C11H32N4Si2.C9H19NSi2.C8H24N2OSi2.2C7H19NSi2.2C6H16Si2.C2H8Si2/c1-12(2)16(9,10)11-17(13(3)4,14(5)6)15(7)8;1-6-11(5)8-12(7-2,9-11)10(3)4;1-9(2)12(5,6)11-13(7,8)10(3)4;2*1-8(2)10(5)6-9(3,4)7-10;2*1-7(2)5-8(3,4)6-7;1-3-2-4-1/h11H2,1-10H3;6-7H,1-2,8-9H2,3-5H3;1-8H3;2*6-7H2,1-5H3;2*5-6H2,1-4H3;1-4H2. The van der Waals surface area contributed by atoms with Crippen molar-refractivity contribution in [2.75, 3.05) is 127 Å². The molecule has 10 nitrogen and oxygen atoms in total. The van der Waals surface area contributed by atoms with E-state index in [-0.39, 0.29) is 0 Å². The van der Waals surface area contributed by atoms with Gasteiger partial charge in [-0.3, -0.25) is 0 Å². The van der Waals surface area contributed by atoms with Gasteiger partial charge in [-0.05, 0) is 193 Å². The normalized spacial score (nSPS) is 26.0. The summed E-state index contributed by atoms with van der Waals surface area (Å²) in [6.45, 7) is 59.5. The maximum Gasteiger partial charge on any atom is 0.286 e. The molecule has 0 atom stereocenters. The molecule has 0 bridgehead atoms. The third-order valence-electron chi connectivity index (χ3n) is 20.3. The van der Waals surface area contributed by atoms with Gasteiger partial charge in [0.25, 0.3) is 25.5 Å². The van der Waals surface area contributed by atoms with Crippen LogP contribution in [0.3, 0.4) is 0 Å². The lowest BCUT2D eigenvalue weighted by molar-refractivity contribution is 0.381. The summed E-state index contributed by atoms with van der Waals surface area (Å²) in [6.07, 6.45) is 0. The lowest BCUT2D eigenvalue weighted by Gasteiger charge is -2.52. The quantitative estimate of drug-likeness (QED) is 0.148. The SMILES string of the molecule is C1[SiH2]C[SiH2]1.C=C[Si]1(C)C[Si](C=C)(N(C)C)C1.CN(C)[Si](C)(C)C[Si](N(C)C)(N(C)C)N(C)C.CN(C)[Si](C)(C)O[Si](C)(C)N(C)C.CN(C)[Si]1(C)C[Si](C)(C)C1.CN(C)[Si]1(C)C[Si](C)(C)C1.C[Si]1(C)C[Si](C)(C)C1.C[Si]1(C)C[Si](C)(C)C1. The first-order chi connectivity index (χ1) is 36.1. The molecule has 0 aromatic rings. The molecule has 0 aromatic carbocycles. The Hall–Kier alpha value is 2.55. The third-order valence-corrected chi connectivity index (χ3v) is 126. The van der Waals surface area contributed by atoms with Gasteiger partial charge in [0.2, 0.25) is 0 Å². The average molecular weight is 1420 g/mol. The van der Waals surface area contributed by atoms with Crippen molar-refractivity contribution in [3.05, 3.63) is 24.6 Å². The van der Waals surface area contributed by atoms with Crippen LogP contribution in [0.15, 0.2) is 24.6 Å². The number of nitrogens with zero attached hydrogens (tertiary/aromatic N) is 9. The topological polar surface area (TPSA) is 38.4 Å². The van der Waals surface area contributed by atoms with E-state index in [0.717, 1.165) is 0 Å². The van der Waals surface area contributed by atoms with Crippen LogP contribution in [0.1, 0.15) is 0 Å². The van der Waals surface area contributed by atoms with Gasteiger partial charge in [-0.25, -0.2) is 0 Å². The molecule has 0 radical (unpaired) electrons. The van der Waals surface area contributed by atoms with E-state index in [4.69, 9.17) is 4.12 Å². The van der Waals surface area contributed by atoms with E-state index in [9.17, 15) is 0 Å². The molecule has 6 fully saturated rings. The fourth-order valence-corrected chi connectivity index (χ4v) is 130. The second-order valence-corrected chi connectivity index (χ2v) is 117. The molecule has 6 rings (SSSR count). The molecule has 0 spiro atoms. The van der Waals surface area contributed by atoms with Crippen LogP contribution in [-0.4, -0.2) is 302 Å². The Morgan fingerprint density at radius 3 is 0.707 bits per heavy atom. The molecular weight excluding hydrogens is 1260 g/mol. The summed E-state index contributed by atoms with van der Waals surface area (Å²) in [5.41, 5.74) is 25.4. The molecule has 492 valence electrons. The van der Waals surface area contributed by atoms with Crippen LogP contribution in [0.4, 0.5) is 0 Å². The van der Waals surface area contributed by atoms with Gasteiger partial charge >= 0.3 is 0 Å². The maximum atomic E-state index is 6.28. The zero-order chi connectivity index (χ0) is 65.9.